The van der Waals surface area contributed by atoms with Crippen LogP contribution in [0.15, 0.2) is 17.6 Å². The van der Waals surface area contributed by atoms with Crippen LogP contribution < -0.4 is 0 Å². The zero-order valence-corrected chi connectivity index (χ0v) is 11.0. The van der Waals surface area contributed by atoms with Crippen molar-refractivity contribution in [1.82, 2.24) is 24.4 Å². The molecule has 0 aliphatic carbocycles. The molecule has 0 atom stereocenters. The summed E-state index contributed by atoms with van der Waals surface area (Å²) in [5.74, 6) is 0.615. The van der Waals surface area contributed by atoms with E-state index in [1.165, 1.54) is 6.33 Å². The van der Waals surface area contributed by atoms with Gasteiger partial charge >= 0.3 is 0 Å². The van der Waals surface area contributed by atoms with E-state index in [0.29, 0.717) is 5.82 Å². The number of rotatable bonds is 5. The van der Waals surface area contributed by atoms with Gasteiger partial charge in [-0.3, -0.25) is 0 Å². The predicted molar refractivity (Wildman–Crippen MR) is 72.1 cm³/mol. The molecule has 0 bridgehead atoms. The molecule has 0 fully saturated rings. The van der Waals surface area contributed by atoms with Crippen LogP contribution in [0, 0.1) is 0 Å². The van der Waals surface area contributed by atoms with Crippen LogP contribution in [-0.4, -0.2) is 44.9 Å². The molecule has 6 nitrogen and oxygen atoms in total. The van der Waals surface area contributed by atoms with Crippen molar-refractivity contribution in [2.75, 3.05) is 14.1 Å². The van der Waals surface area contributed by atoms with E-state index in [2.05, 4.69) is 31.4 Å². The molecule has 0 unspecified atom stereocenters. The molecule has 0 radical (unpaired) electrons. The minimum Gasteiger partial charge on any atom is -0.369 e. The van der Waals surface area contributed by atoms with Gasteiger partial charge in [0.2, 0.25) is 0 Å². The third-order valence-corrected chi connectivity index (χ3v) is 2.55. The summed E-state index contributed by atoms with van der Waals surface area (Å²) in [6, 6.07) is 0. The predicted octanol–water partition coefficient (Wildman–Crippen LogP) is 1.85. The normalized spacial score (nSPS) is 11.5. The van der Waals surface area contributed by atoms with Crippen LogP contribution >= 0.6 is 0 Å². The van der Waals surface area contributed by atoms with Crippen molar-refractivity contribution < 1.29 is 0 Å². The number of aliphatic imine (C=N–C) groups is 1. The lowest BCUT2D eigenvalue weighted by Crippen LogP contribution is -2.07. The molecule has 18 heavy (non-hydrogen) atoms. The van der Waals surface area contributed by atoms with Gasteiger partial charge in [-0.15, -0.1) is 0 Å². The SMILES string of the molecule is CCCCn1cnc2c(/N=C/N(C)C)ncnc21. The van der Waals surface area contributed by atoms with Crippen molar-refractivity contribution >= 4 is 23.3 Å². The monoisotopic (exact) mass is 246 g/mol. The van der Waals surface area contributed by atoms with Crippen LogP contribution in [0.1, 0.15) is 19.8 Å². The Kier molecular flexibility index (Phi) is 3.86. The minimum absolute atomic E-state index is 0.615. The third-order valence-electron chi connectivity index (χ3n) is 2.55. The van der Waals surface area contributed by atoms with Gasteiger partial charge in [0.05, 0.1) is 12.7 Å². The van der Waals surface area contributed by atoms with Crippen molar-refractivity contribution in [2.45, 2.75) is 26.3 Å². The molecule has 0 saturated carbocycles. The fourth-order valence-corrected chi connectivity index (χ4v) is 1.63. The van der Waals surface area contributed by atoms with E-state index in [-0.39, 0.29) is 0 Å². The highest BCUT2D eigenvalue weighted by Crippen LogP contribution is 2.19. The Labute approximate surface area is 106 Å². The summed E-state index contributed by atoms with van der Waals surface area (Å²) >= 11 is 0. The van der Waals surface area contributed by atoms with Crippen molar-refractivity contribution in [2.24, 2.45) is 4.99 Å². The van der Waals surface area contributed by atoms with E-state index >= 15 is 0 Å². The smallest absolute Gasteiger partial charge is 0.184 e. The summed E-state index contributed by atoms with van der Waals surface area (Å²) in [6.07, 6.45) is 7.33. The molecule has 0 saturated heterocycles. The lowest BCUT2D eigenvalue weighted by Gasteiger charge is -2.03. The fraction of sp³-hybridized carbons (Fsp3) is 0.500. The first kappa shape index (κ1) is 12.5. The van der Waals surface area contributed by atoms with Crippen molar-refractivity contribution in [3.8, 4) is 0 Å². The molecule has 0 amide bonds. The zero-order chi connectivity index (χ0) is 13.0. The molecule has 2 heterocycles. The average molecular weight is 246 g/mol. The molecular weight excluding hydrogens is 228 g/mol. The average Bonchev–Trinajstić information content (AvgIpc) is 2.77. The number of fused-ring (bicyclic) bond motifs is 1. The first-order chi connectivity index (χ1) is 8.72. The summed E-state index contributed by atoms with van der Waals surface area (Å²) in [6.45, 7) is 3.10. The molecule has 0 aromatic carbocycles. The zero-order valence-electron chi connectivity index (χ0n) is 11.0. The standard InChI is InChI=1S/C12H18N6/c1-4-5-6-18-9-15-10-11(16-8-17(2)3)13-7-14-12(10)18/h7-9H,4-6H2,1-3H3/b16-8+. The van der Waals surface area contributed by atoms with E-state index in [1.54, 1.807) is 6.34 Å². The van der Waals surface area contributed by atoms with Crippen molar-refractivity contribution in [3.63, 3.8) is 0 Å². The van der Waals surface area contributed by atoms with Crippen LogP contribution in [0.4, 0.5) is 5.82 Å². The molecule has 2 aromatic rings. The molecule has 0 aliphatic rings. The minimum atomic E-state index is 0.615. The Morgan fingerprint density at radius 3 is 2.89 bits per heavy atom. The van der Waals surface area contributed by atoms with E-state index < -0.39 is 0 Å². The molecule has 6 heteroatoms. The molecular formula is C12H18N6. The van der Waals surface area contributed by atoms with Gasteiger partial charge in [-0.25, -0.2) is 19.9 Å². The highest BCUT2D eigenvalue weighted by atomic mass is 15.2. The van der Waals surface area contributed by atoms with Gasteiger partial charge in [-0.05, 0) is 6.42 Å². The highest BCUT2D eigenvalue weighted by molar-refractivity contribution is 5.82. The largest absolute Gasteiger partial charge is 0.369 e. The van der Waals surface area contributed by atoms with Crippen LogP contribution in [0.2, 0.25) is 0 Å². The van der Waals surface area contributed by atoms with Gasteiger partial charge in [0, 0.05) is 20.6 Å². The first-order valence-corrected chi connectivity index (χ1v) is 6.08. The van der Waals surface area contributed by atoms with Crippen LogP contribution in [0.5, 0.6) is 0 Å². The van der Waals surface area contributed by atoms with E-state index in [0.717, 1.165) is 30.6 Å². The van der Waals surface area contributed by atoms with Gasteiger partial charge in [0.1, 0.15) is 6.33 Å². The number of imidazole rings is 1. The summed E-state index contributed by atoms with van der Waals surface area (Å²) in [7, 11) is 3.84. The van der Waals surface area contributed by atoms with Crippen molar-refractivity contribution in [3.05, 3.63) is 12.7 Å². The Morgan fingerprint density at radius 2 is 2.17 bits per heavy atom. The number of unbranched alkanes of at least 4 members (excludes halogenated alkanes) is 1. The van der Waals surface area contributed by atoms with E-state index in [1.807, 2.05) is 25.3 Å². The number of aromatic nitrogens is 4. The van der Waals surface area contributed by atoms with Crippen LogP contribution in [-0.2, 0) is 6.54 Å². The highest BCUT2D eigenvalue weighted by Gasteiger charge is 2.08. The molecule has 0 N–H and O–H groups in total. The molecule has 2 rings (SSSR count). The Bertz CT molecular complexity index is 542. The maximum absolute atomic E-state index is 4.36. The number of aryl methyl sites for hydroxylation is 1. The molecule has 0 spiro atoms. The summed E-state index contributed by atoms with van der Waals surface area (Å²) in [4.78, 5) is 19.0. The second kappa shape index (κ2) is 5.57. The quantitative estimate of drug-likeness (QED) is 0.596. The molecule has 96 valence electrons. The summed E-state index contributed by atoms with van der Waals surface area (Å²) in [5.41, 5.74) is 1.61. The van der Waals surface area contributed by atoms with Gasteiger partial charge in [-0.1, -0.05) is 13.3 Å². The first-order valence-electron chi connectivity index (χ1n) is 6.08. The Hall–Kier alpha value is -1.98. The second-order valence-electron chi connectivity index (χ2n) is 4.37. The Balaban J connectivity index is 2.36. The van der Waals surface area contributed by atoms with Gasteiger partial charge in [-0.2, -0.15) is 0 Å². The number of hydrogen-bond donors (Lipinski definition) is 0. The van der Waals surface area contributed by atoms with Crippen LogP contribution in [0.3, 0.4) is 0 Å². The van der Waals surface area contributed by atoms with Gasteiger partial charge in [0.15, 0.2) is 17.0 Å². The summed E-state index contributed by atoms with van der Waals surface area (Å²) in [5, 5.41) is 0. The summed E-state index contributed by atoms with van der Waals surface area (Å²) < 4.78 is 2.05. The third kappa shape index (κ3) is 2.64. The maximum Gasteiger partial charge on any atom is 0.184 e. The van der Waals surface area contributed by atoms with E-state index in [4.69, 9.17) is 0 Å². The van der Waals surface area contributed by atoms with Gasteiger partial charge in [0.25, 0.3) is 0 Å². The fourth-order valence-electron chi connectivity index (χ4n) is 1.63. The lowest BCUT2D eigenvalue weighted by molar-refractivity contribution is 0.641. The number of hydrogen-bond acceptors (Lipinski definition) is 4. The molecule has 0 aliphatic heterocycles. The lowest BCUT2D eigenvalue weighted by atomic mass is 10.3. The Morgan fingerprint density at radius 1 is 1.33 bits per heavy atom. The maximum atomic E-state index is 4.36. The molecule has 2 aromatic heterocycles. The number of nitrogens with zero attached hydrogens (tertiary/aromatic N) is 6. The van der Waals surface area contributed by atoms with Crippen molar-refractivity contribution in [1.29, 1.82) is 0 Å². The second-order valence-corrected chi connectivity index (χ2v) is 4.37. The topological polar surface area (TPSA) is 59.2 Å². The van der Waals surface area contributed by atoms with Gasteiger partial charge < -0.3 is 9.47 Å². The van der Waals surface area contributed by atoms with Crippen LogP contribution in [0.25, 0.3) is 11.2 Å². The van der Waals surface area contributed by atoms with E-state index in [9.17, 15) is 0 Å².